The predicted octanol–water partition coefficient (Wildman–Crippen LogP) is 1.83. The minimum atomic E-state index is -0.703. The number of carboxylic acid groups (broad SMARTS) is 1. The van der Waals surface area contributed by atoms with E-state index in [2.05, 4.69) is 0 Å². The standard InChI is InChI=1S/C12H20O4/c13-12(14)9(7-10-3-1-5-15-10)8-11-4-2-6-16-11/h9-11H,1-8H2,(H,13,14). The smallest absolute Gasteiger partial charge is 0.306 e. The lowest BCUT2D eigenvalue weighted by molar-refractivity contribution is -0.144. The number of carboxylic acids is 1. The lowest BCUT2D eigenvalue weighted by Crippen LogP contribution is -2.24. The van der Waals surface area contributed by atoms with Gasteiger partial charge in [-0.15, -0.1) is 0 Å². The lowest BCUT2D eigenvalue weighted by Gasteiger charge is -2.19. The molecular formula is C12H20O4. The Hall–Kier alpha value is -0.610. The van der Waals surface area contributed by atoms with Crippen molar-refractivity contribution < 1.29 is 19.4 Å². The van der Waals surface area contributed by atoms with Crippen molar-refractivity contribution in [3.05, 3.63) is 0 Å². The van der Waals surface area contributed by atoms with E-state index in [1.807, 2.05) is 0 Å². The number of aliphatic carboxylic acids is 1. The molecule has 2 rings (SSSR count). The molecule has 2 aliphatic heterocycles. The van der Waals surface area contributed by atoms with Crippen molar-refractivity contribution in [2.45, 2.75) is 50.7 Å². The van der Waals surface area contributed by atoms with Gasteiger partial charge in [-0.1, -0.05) is 0 Å². The second-order valence-electron chi connectivity index (χ2n) is 4.78. The van der Waals surface area contributed by atoms with Gasteiger partial charge in [-0.3, -0.25) is 4.79 Å². The van der Waals surface area contributed by atoms with E-state index in [-0.39, 0.29) is 18.1 Å². The molecular weight excluding hydrogens is 208 g/mol. The third kappa shape index (κ3) is 3.19. The molecule has 0 saturated carbocycles. The zero-order valence-corrected chi connectivity index (χ0v) is 9.56. The molecule has 2 fully saturated rings. The summed E-state index contributed by atoms with van der Waals surface area (Å²) in [6, 6.07) is 0. The van der Waals surface area contributed by atoms with Gasteiger partial charge in [0.15, 0.2) is 0 Å². The highest BCUT2D eigenvalue weighted by atomic mass is 16.5. The van der Waals surface area contributed by atoms with Crippen LogP contribution in [0.4, 0.5) is 0 Å². The molecule has 0 radical (unpaired) electrons. The van der Waals surface area contributed by atoms with Crippen LogP contribution in [-0.4, -0.2) is 36.5 Å². The molecule has 0 spiro atoms. The van der Waals surface area contributed by atoms with Gasteiger partial charge < -0.3 is 14.6 Å². The molecule has 1 N–H and O–H groups in total. The molecule has 92 valence electrons. The second-order valence-corrected chi connectivity index (χ2v) is 4.78. The topological polar surface area (TPSA) is 55.8 Å². The monoisotopic (exact) mass is 228 g/mol. The summed E-state index contributed by atoms with van der Waals surface area (Å²) in [5, 5.41) is 9.18. The largest absolute Gasteiger partial charge is 0.481 e. The quantitative estimate of drug-likeness (QED) is 0.780. The first kappa shape index (κ1) is 11.9. The number of carbonyl (C=O) groups is 1. The molecule has 2 aliphatic rings. The fourth-order valence-corrected chi connectivity index (χ4v) is 2.59. The summed E-state index contributed by atoms with van der Waals surface area (Å²) in [7, 11) is 0. The van der Waals surface area contributed by atoms with Gasteiger partial charge in [0.1, 0.15) is 0 Å². The Balaban J connectivity index is 1.81. The van der Waals surface area contributed by atoms with Crippen LogP contribution in [0.3, 0.4) is 0 Å². The van der Waals surface area contributed by atoms with Gasteiger partial charge in [0.05, 0.1) is 18.1 Å². The summed E-state index contributed by atoms with van der Waals surface area (Å²) < 4.78 is 11.0. The third-order valence-corrected chi connectivity index (χ3v) is 3.49. The van der Waals surface area contributed by atoms with Crippen LogP contribution in [0.2, 0.25) is 0 Å². The average Bonchev–Trinajstić information content (AvgIpc) is 2.88. The normalized spacial score (nSPS) is 31.8. The number of rotatable bonds is 5. The molecule has 16 heavy (non-hydrogen) atoms. The van der Waals surface area contributed by atoms with E-state index in [0.29, 0.717) is 12.8 Å². The first-order chi connectivity index (χ1) is 7.75. The predicted molar refractivity (Wildman–Crippen MR) is 58.3 cm³/mol. The van der Waals surface area contributed by atoms with Gasteiger partial charge in [0.25, 0.3) is 0 Å². The zero-order valence-electron chi connectivity index (χ0n) is 9.56. The molecule has 0 aromatic rings. The maximum atomic E-state index is 11.2. The first-order valence-corrected chi connectivity index (χ1v) is 6.21. The van der Waals surface area contributed by atoms with Crippen LogP contribution >= 0.6 is 0 Å². The van der Waals surface area contributed by atoms with Crippen LogP contribution in [0, 0.1) is 5.92 Å². The zero-order chi connectivity index (χ0) is 11.4. The molecule has 0 aliphatic carbocycles. The van der Waals surface area contributed by atoms with E-state index in [1.165, 1.54) is 0 Å². The summed E-state index contributed by atoms with van der Waals surface area (Å²) in [5.74, 6) is -1.00. The highest BCUT2D eigenvalue weighted by Crippen LogP contribution is 2.26. The van der Waals surface area contributed by atoms with Crippen molar-refractivity contribution >= 4 is 5.97 Å². The van der Waals surface area contributed by atoms with Crippen LogP contribution < -0.4 is 0 Å². The molecule has 0 aromatic heterocycles. The Morgan fingerprint density at radius 1 is 1.12 bits per heavy atom. The van der Waals surface area contributed by atoms with E-state index >= 15 is 0 Å². The Morgan fingerprint density at radius 2 is 1.62 bits per heavy atom. The Kier molecular flexibility index (Phi) is 4.18. The summed E-state index contributed by atoms with van der Waals surface area (Å²) in [6.45, 7) is 1.58. The minimum Gasteiger partial charge on any atom is -0.481 e. The summed E-state index contributed by atoms with van der Waals surface area (Å²) in [4.78, 5) is 11.2. The minimum absolute atomic E-state index is 0.155. The highest BCUT2D eigenvalue weighted by molar-refractivity contribution is 5.70. The number of hydrogen-bond donors (Lipinski definition) is 1. The molecule has 2 heterocycles. The van der Waals surface area contributed by atoms with E-state index in [0.717, 1.165) is 38.9 Å². The van der Waals surface area contributed by atoms with Gasteiger partial charge in [-0.25, -0.2) is 0 Å². The highest BCUT2D eigenvalue weighted by Gasteiger charge is 2.29. The Bertz CT molecular complexity index is 211. The molecule has 0 bridgehead atoms. The maximum Gasteiger partial charge on any atom is 0.306 e. The fraction of sp³-hybridized carbons (Fsp3) is 0.917. The van der Waals surface area contributed by atoms with E-state index in [4.69, 9.17) is 9.47 Å². The van der Waals surface area contributed by atoms with Crippen LogP contribution in [0.1, 0.15) is 38.5 Å². The van der Waals surface area contributed by atoms with Crippen LogP contribution in [0.15, 0.2) is 0 Å². The van der Waals surface area contributed by atoms with Gasteiger partial charge in [0, 0.05) is 13.2 Å². The first-order valence-electron chi connectivity index (χ1n) is 6.21. The Labute approximate surface area is 95.9 Å². The van der Waals surface area contributed by atoms with Crippen molar-refractivity contribution in [2.24, 2.45) is 5.92 Å². The Morgan fingerprint density at radius 3 is 1.94 bits per heavy atom. The van der Waals surface area contributed by atoms with Gasteiger partial charge in [-0.2, -0.15) is 0 Å². The van der Waals surface area contributed by atoms with Crippen molar-refractivity contribution in [1.29, 1.82) is 0 Å². The number of ether oxygens (including phenoxy) is 2. The summed E-state index contributed by atoms with van der Waals surface area (Å²) in [5.41, 5.74) is 0. The van der Waals surface area contributed by atoms with Crippen LogP contribution in [-0.2, 0) is 14.3 Å². The molecule has 4 nitrogen and oxygen atoms in total. The van der Waals surface area contributed by atoms with E-state index < -0.39 is 5.97 Å². The van der Waals surface area contributed by atoms with Crippen molar-refractivity contribution in [1.82, 2.24) is 0 Å². The van der Waals surface area contributed by atoms with Gasteiger partial charge >= 0.3 is 5.97 Å². The van der Waals surface area contributed by atoms with Crippen LogP contribution in [0.25, 0.3) is 0 Å². The van der Waals surface area contributed by atoms with E-state index in [9.17, 15) is 9.90 Å². The van der Waals surface area contributed by atoms with Crippen molar-refractivity contribution in [3.63, 3.8) is 0 Å². The molecule has 2 atom stereocenters. The SMILES string of the molecule is O=C(O)C(CC1CCCO1)CC1CCCO1. The van der Waals surface area contributed by atoms with Crippen LogP contribution in [0.5, 0.6) is 0 Å². The fourth-order valence-electron chi connectivity index (χ4n) is 2.59. The number of hydrogen-bond acceptors (Lipinski definition) is 3. The second kappa shape index (κ2) is 5.64. The molecule has 2 saturated heterocycles. The molecule has 2 unspecified atom stereocenters. The van der Waals surface area contributed by atoms with Gasteiger partial charge in [0.2, 0.25) is 0 Å². The third-order valence-electron chi connectivity index (χ3n) is 3.49. The molecule has 0 amide bonds. The maximum absolute atomic E-state index is 11.2. The van der Waals surface area contributed by atoms with Crippen molar-refractivity contribution in [3.8, 4) is 0 Å². The molecule has 4 heteroatoms. The van der Waals surface area contributed by atoms with Gasteiger partial charge in [-0.05, 0) is 38.5 Å². The average molecular weight is 228 g/mol. The lowest BCUT2D eigenvalue weighted by atomic mass is 9.93. The van der Waals surface area contributed by atoms with Crippen molar-refractivity contribution in [2.75, 3.05) is 13.2 Å². The van der Waals surface area contributed by atoms with E-state index in [1.54, 1.807) is 0 Å². The molecule has 0 aromatic carbocycles. The summed E-state index contributed by atoms with van der Waals surface area (Å²) in [6.07, 6.45) is 5.76. The summed E-state index contributed by atoms with van der Waals surface area (Å²) >= 11 is 0.